The van der Waals surface area contributed by atoms with Crippen molar-refractivity contribution in [2.24, 2.45) is 0 Å². The Morgan fingerprint density at radius 3 is 0.472 bits per heavy atom. The highest BCUT2D eigenvalue weighted by Gasteiger charge is 2.65. The van der Waals surface area contributed by atoms with Gasteiger partial charge in [-0.25, -0.2) is 0 Å². The second-order valence-electron chi connectivity index (χ2n) is 32.7. The summed E-state index contributed by atoms with van der Waals surface area (Å²) in [5.74, 6) is -26.1. The van der Waals surface area contributed by atoms with Crippen LogP contribution in [0.3, 0.4) is 0 Å². The zero-order chi connectivity index (χ0) is 108. The van der Waals surface area contributed by atoms with Gasteiger partial charge in [0.15, 0.2) is 142 Å². The third kappa shape index (κ3) is 35.3. The van der Waals surface area contributed by atoms with Gasteiger partial charge in [-0.05, 0) is 0 Å². The quantitative estimate of drug-likeness (QED) is 0.0454. The topological polar surface area (TPSA) is 719 Å². The fourth-order valence-corrected chi connectivity index (χ4v) is 15.9. The smallest absolute Gasteiger partial charge is 0.303 e. The zero-order valence-corrected chi connectivity index (χ0v) is 81.9. The standard InChI is InChI=1S/C86H116O58/c1-30(87)110-23-52-61(66(119-38(9)95)73(80(109)133-52)126-45(16)102)140-86-79(132-51(22)108)72(125-44(15)101)65(144-85-78(131-50(21)107)71(124-43(14)100)64(57(138-85)28-115-35(6)92)143-83-76(129-48(19)105)68(121-40(11)97)60(118-37(8)94)54(136-83)25-112-32(3)89)58(139-86)29-116-81-74(127-46(17)103)69(122-41(12)98)62(55(134-81)26-113-33(4)90)141-84-77(130-49(20)106)70(123-42(13)99)63(56(137-84)27-114-34(5)91)142-82-75(128-47(18)104)67(120-39(10)96)59(117-36(7)93)53(135-82)24-111-31(2)88/h52-86,109H,23-29H2,1-22H3. The zero-order valence-electron chi connectivity index (χ0n) is 81.9. The van der Waals surface area contributed by atoms with Gasteiger partial charge < -0.3 is 171 Å². The molecule has 1 N–H and O–H groups in total. The Bertz CT molecular complexity index is 4590. The predicted molar refractivity (Wildman–Crippen MR) is 442 cm³/mol. The molecule has 7 heterocycles. The van der Waals surface area contributed by atoms with Crippen LogP contribution >= 0.6 is 0 Å². The minimum Gasteiger partial charge on any atom is -0.463 e. The lowest BCUT2D eigenvalue weighted by Crippen LogP contribution is -2.70. The highest BCUT2D eigenvalue weighted by molar-refractivity contribution is 5.74. The van der Waals surface area contributed by atoms with Gasteiger partial charge in [-0.1, -0.05) is 0 Å². The van der Waals surface area contributed by atoms with E-state index < -0.39 is 393 Å². The SMILES string of the molecule is CC(=O)OCC1OC(O)C(OC(C)=O)C(OC(C)=O)C1OC1OC(COC2OC(COC(C)=O)C(OC3OC(COC(C)=O)C(OC4OC(COC(C)=O)C(OC(C)=O)C(OC(C)=O)C4OC(C)=O)C(OC(C)=O)C3OC(C)=O)C(OC(C)=O)C2OC(C)=O)C(OC2OC(COC(C)=O)C(OC3OC(COC(C)=O)C(OC(C)=O)C(OC(C)=O)C3OC(C)=O)C(OC(C)=O)C2OC(C)=O)C(OC(C)=O)C1OC(C)=O. The van der Waals surface area contributed by atoms with Gasteiger partial charge in [0.2, 0.25) is 0 Å². The average molecular weight is 2080 g/mol. The number of hydrogen-bond acceptors (Lipinski definition) is 58. The van der Waals surface area contributed by atoms with Gasteiger partial charge in [-0.15, -0.1) is 0 Å². The van der Waals surface area contributed by atoms with Crippen molar-refractivity contribution >= 4 is 131 Å². The van der Waals surface area contributed by atoms with E-state index in [0.717, 1.165) is 152 Å². The first-order valence-electron chi connectivity index (χ1n) is 44.1. The van der Waals surface area contributed by atoms with E-state index in [9.17, 15) is 111 Å². The Labute approximate surface area is 818 Å². The maximum atomic E-state index is 14.2. The van der Waals surface area contributed by atoms with E-state index in [1.165, 1.54) is 0 Å². The second kappa shape index (κ2) is 54.6. The monoisotopic (exact) mass is 2080 g/mol. The van der Waals surface area contributed by atoms with Crippen LogP contribution in [0, 0.1) is 0 Å². The molecule has 0 aliphatic carbocycles. The van der Waals surface area contributed by atoms with Crippen LogP contribution in [0.5, 0.6) is 0 Å². The summed E-state index contributed by atoms with van der Waals surface area (Å²) >= 11 is 0. The molecule has 7 fully saturated rings. The molecule has 0 amide bonds. The first-order valence-corrected chi connectivity index (χ1v) is 44.1. The molecule has 0 radical (unpaired) electrons. The molecule has 35 unspecified atom stereocenters. The third-order valence-corrected chi connectivity index (χ3v) is 20.6. The van der Waals surface area contributed by atoms with Crippen LogP contribution in [0.1, 0.15) is 152 Å². The second-order valence-corrected chi connectivity index (χ2v) is 32.7. The van der Waals surface area contributed by atoms with Crippen molar-refractivity contribution in [3.63, 3.8) is 0 Å². The van der Waals surface area contributed by atoms with Gasteiger partial charge in [0.25, 0.3) is 0 Å². The van der Waals surface area contributed by atoms with Crippen molar-refractivity contribution in [3.05, 3.63) is 0 Å². The maximum Gasteiger partial charge on any atom is 0.303 e. The van der Waals surface area contributed by atoms with Crippen molar-refractivity contribution in [2.45, 2.75) is 367 Å². The van der Waals surface area contributed by atoms with Crippen LogP contribution in [0.4, 0.5) is 0 Å². The summed E-state index contributed by atoms with van der Waals surface area (Å²) in [6.07, 6.45) is -77.8. The fourth-order valence-electron chi connectivity index (χ4n) is 15.9. The Morgan fingerprint density at radius 2 is 0.285 bits per heavy atom. The molecule has 0 bridgehead atoms. The first-order chi connectivity index (χ1) is 67.4. The number of ether oxygens (including phenoxy) is 35. The molecule has 0 aromatic carbocycles. The van der Waals surface area contributed by atoms with E-state index >= 15 is 0 Å². The van der Waals surface area contributed by atoms with E-state index in [1.807, 2.05) is 0 Å². The number of carbonyl (C=O) groups excluding carboxylic acids is 22. The number of carbonyl (C=O) groups is 22. The van der Waals surface area contributed by atoms with Gasteiger partial charge in [0, 0.05) is 152 Å². The molecule has 808 valence electrons. The molecule has 0 aromatic rings. The molecular formula is C86H116O58. The van der Waals surface area contributed by atoms with Crippen LogP contribution in [-0.4, -0.2) is 398 Å². The number of esters is 22. The van der Waals surface area contributed by atoms with Crippen LogP contribution in [0.25, 0.3) is 0 Å². The van der Waals surface area contributed by atoms with Gasteiger partial charge in [-0.3, -0.25) is 105 Å². The number of hydrogen-bond donors (Lipinski definition) is 1. The van der Waals surface area contributed by atoms with Gasteiger partial charge in [-0.2, -0.15) is 0 Å². The summed E-state index contributed by atoms with van der Waals surface area (Å²) in [6.45, 7) is 11.2. The molecule has 7 aliphatic rings. The minimum absolute atomic E-state index is 0.754. The Hall–Kier alpha value is -12.2. The van der Waals surface area contributed by atoms with E-state index in [0.29, 0.717) is 0 Å². The lowest BCUT2D eigenvalue weighted by Gasteiger charge is -2.51. The highest BCUT2D eigenvalue weighted by Crippen LogP contribution is 2.44. The largest absolute Gasteiger partial charge is 0.463 e. The van der Waals surface area contributed by atoms with Crippen LogP contribution in [0.15, 0.2) is 0 Å². The van der Waals surface area contributed by atoms with Crippen molar-refractivity contribution in [1.82, 2.24) is 0 Å². The fraction of sp³-hybridized carbons (Fsp3) is 0.744. The van der Waals surface area contributed by atoms with Crippen LogP contribution in [0.2, 0.25) is 0 Å². The Kier molecular flexibility index (Phi) is 45.1. The van der Waals surface area contributed by atoms with Crippen molar-refractivity contribution in [3.8, 4) is 0 Å². The maximum absolute atomic E-state index is 14.2. The molecule has 7 aliphatic heterocycles. The van der Waals surface area contributed by atoms with E-state index in [4.69, 9.17) is 166 Å². The Morgan fingerprint density at radius 1 is 0.153 bits per heavy atom. The van der Waals surface area contributed by atoms with E-state index in [2.05, 4.69) is 0 Å². The summed E-state index contributed by atoms with van der Waals surface area (Å²) in [4.78, 5) is 293. The van der Waals surface area contributed by atoms with Crippen LogP contribution < -0.4 is 0 Å². The lowest BCUT2D eigenvalue weighted by atomic mass is 9.94. The first kappa shape index (κ1) is 119. The molecule has 7 saturated heterocycles. The molecule has 0 spiro atoms. The summed E-state index contributed by atoms with van der Waals surface area (Å²) in [7, 11) is 0. The van der Waals surface area contributed by atoms with E-state index in [-0.39, 0.29) is 0 Å². The molecule has 0 aromatic heterocycles. The summed E-state index contributed by atoms with van der Waals surface area (Å²) < 4.78 is 209. The van der Waals surface area contributed by atoms with Crippen molar-refractivity contribution in [2.75, 3.05) is 46.2 Å². The molecule has 7 rings (SSSR count). The van der Waals surface area contributed by atoms with Crippen LogP contribution in [-0.2, 0) is 271 Å². The Balaban J connectivity index is 1.50. The molecule has 144 heavy (non-hydrogen) atoms. The minimum atomic E-state index is -2.57. The van der Waals surface area contributed by atoms with Crippen molar-refractivity contribution < 1.29 is 276 Å². The third-order valence-electron chi connectivity index (χ3n) is 20.6. The summed E-state index contributed by atoms with van der Waals surface area (Å²) in [6, 6.07) is 0. The summed E-state index contributed by atoms with van der Waals surface area (Å²) in [5, 5.41) is 11.5. The lowest BCUT2D eigenvalue weighted by molar-refractivity contribution is -0.394. The number of rotatable bonds is 41. The van der Waals surface area contributed by atoms with Crippen molar-refractivity contribution in [1.29, 1.82) is 0 Å². The normalized spacial score (nSPS) is 33.3. The number of aliphatic hydroxyl groups is 1. The number of aliphatic hydroxyl groups excluding tert-OH is 1. The van der Waals surface area contributed by atoms with Gasteiger partial charge in [0.05, 0.1) is 6.61 Å². The molecule has 58 nitrogen and oxygen atoms in total. The molecular weight excluding hydrogens is 1960 g/mol. The molecule has 0 saturated carbocycles. The highest BCUT2D eigenvalue weighted by atomic mass is 16.8. The molecule has 58 heteroatoms. The molecule has 35 atom stereocenters. The van der Waals surface area contributed by atoms with E-state index in [1.54, 1.807) is 0 Å². The van der Waals surface area contributed by atoms with Gasteiger partial charge >= 0.3 is 131 Å². The predicted octanol–water partition coefficient (Wildman–Crippen LogP) is -3.72. The average Bonchev–Trinajstić information content (AvgIpc) is 0.755. The summed E-state index contributed by atoms with van der Waals surface area (Å²) in [5.41, 5.74) is 0. The van der Waals surface area contributed by atoms with Gasteiger partial charge in [0.1, 0.15) is 113 Å².